The molecule has 1 rings (SSSR count). The fourth-order valence-electron chi connectivity index (χ4n) is 1.14. The lowest BCUT2D eigenvalue weighted by atomic mass is 10.1. The van der Waals surface area contributed by atoms with E-state index in [0.717, 1.165) is 0 Å². The maximum atomic E-state index is 11.8. The lowest BCUT2D eigenvalue weighted by molar-refractivity contribution is -0.385. The summed E-state index contributed by atoms with van der Waals surface area (Å²) in [7, 11) is 0. The molecule has 1 N–H and O–H groups in total. The molecule has 1 aromatic carbocycles. The van der Waals surface area contributed by atoms with Gasteiger partial charge in [0, 0.05) is 6.07 Å². The van der Waals surface area contributed by atoms with Crippen LogP contribution < -0.4 is 5.48 Å². The van der Waals surface area contributed by atoms with Crippen molar-refractivity contribution in [2.75, 3.05) is 0 Å². The van der Waals surface area contributed by atoms with Gasteiger partial charge < -0.3 is 0 Å². The van der Waals surface area contributed by atoms with Crippen LogP contribution in [0.25, 0.3) is 0 Å². The maximum Gasteiger partial charge on any atom is 0.283 e. The molecule has 0 aliphatic rings. The molecule has 0 aromatic heterocycles. The second-order valence-electron chi connectivity index (χ2n) is 4.54. The summed E-state index contributed by atoms with van der Waals surface area (Å²) < 4.78 is 0. The van der Waals surface area contributed by atoms with Crippen LogP contribution in [0.15, 0.2) is 18.2 Å². The van der Waals surface area contributed by atoms with Crippen molar-refractivity contribution in [1.82, 2.24) is 5.48 Å². The first kappa shape index (κ1) is 14.4. The van der Waals surface area contributed by atoms with Crippen molar-refractivity contribution < 1.29 is 14.6 Å². The minimum absolute atomic E-state index is 0.000732. The minimum Gasteiger partial charge on any atom is -0.268 e. The molecule has 0 radical (unpaired) electrons. The highest BCUT2D eigenvalue weighted by Crippen LogP contribution is 2.26. The van der Waals surface area contributed by atoms with Crippen molar-refractivity contribution in [3.05, 3.63) is 38.9 Å². The molecule has 0 bridgehead atoms. The molecule has 6 nitrogen and oxygen atoms in total. The normalized spacial score (nSPS) is 11.1. The summed E-state index contributed by atoms with van der Waals surface area (Å²) in [5.41, 5.74) is 0.964. The minimum atomic E-state index is -0.748. The average Bonchev–Trinajstić information content (AvgIpc) is 2.24. The van der Waals surface area contributed by atoms with Crippen LogP contribution in [0.2, 0.25) is 5.02 Å². The molecule has 0 spiro atoms. The topological polar surface area (TPSA) is 81.5 Å². The van der Waals surface area contributed by atoms with E-state index in [2.05, 4.69) is 5.48 Å². The SMILES string of the molecule is CC(C)(C)ONC(=O)c1c(Cl)cccc1[N+](=O)[O-]. The maximum absolute atomic E-state index is 11.8. The number of nitro groups is 1. The summed E-state index contributed by atoms with van der Waals surface area (Å²) in [5, 5.41) is 10.8. The summed E-state index contributed by atoms with van der Waals surface area (Å²) in [4.78, 5) is 27.0. The Balaban J connectivity index is 3.02. The molecule has 0 fully saturated rings. The molecule has 0 heterocycles. The Hall–Kier alpha value is -1.66. The van der Waals surface area contributed by atoms with Crippen molar-refractivity contribution in [2.45, 2.75) is 26.4 Å². The fraction of sp³-hybridized carbons (Fsp3) is 0.364. The Morgan fingerprint density at radius 2 is 2.06 bits per heavy atom. The Kier molecular flexibility index (Phi) is 4.26. The number of rotatable bonds is 3. The standard InChI is InChI=1S/C11H13ClN2O4/c1-11(2,3)18-13-10(15)9-7(12)5-4-6-8(9)14(16)17/h4-6H,1-3H3,(H,13,15). The van der Waals surface area contributed by atoms with Gasteiger partial charge in [-0.2, -0.15) is 0 Å². The highest BCUT2D eigenvalue weighted by atomic mass is 35.5. The Labute approximate surface area is 109 Å². The van der Waals surface area contributed by atoms with E-state index < -0.39 is 16.4 Å². The van der Waals surface area contributed by atoms with E-state index in [0.29, 0.717) is 0 Å². The van der Waals surface area contributed by atoms with Gasteiger partial charge in [-0.1, -0.05) is 17.7 Å². The monoisotopic (exact) mass is 272 g/mol. The lowest BCUT2D eigenvalue weighted by Crippen LogP contribution is -2.34. The van der Waals surface area contributed by atoms with Gasteiger partial charge in [-0.3, -0.25) is 19.7 Å². The highest BCUT2D eigenvalue weighted by molar-refractivity contribution is 6.34. The Bertz CT molecular complexity index is 482. The van der Waals surface area contributed by atoms with Crippen LogP contribution >= 0.6 is 11.6 Å². The zero-order chi connectivity index (χ0) is 13.9. The number of hydroxylamine groups is 1. The van der Waals surface area contributed by atoms with Crippen molar-refractivity contribution in [2.24, 2.45) is 0 Å². The van der Waals surface area contributed by atoms with Crippen molar-refractivity contribution >= 4 is 23.2 Å². The summed E-state index contributed by atoms with van der Waals surface area (Å²) in [6, 6.07) is 4.01. The number of halogens is 1. The van der Waals surface area contributed by atoms with Crippen molar-refractivity contribution in [1.29, 1.82) is 0 Å². The summed E-state index contributed by atoms with van der Waals surface area (Å²) in [6.07, 6.45) is 0. The van der Waals surface area contributed by atoms with Gasteiger partial charge in [0.15, 0.2) is 0 Å². The molecule has 98 valence electrons. The second-order valence-corrected chi connectivity index (χ2v) is 4.94. The van der Waals surface area contributed by atoms with Gasteiger partial charge in [0.25, 0.3) is 11.6 Å². The van der Waals surface area contributed by atoms with Crippen LogP contribution in [0.5, 0.6) is 0 Å². The summed E-state index contributed by atoms with van der Waals surface area (Å²) in [5.74, 6) is -0.748. The molecule has 0 saturated carbocycles. The number of nitro benzene ring substituents is 1. The Morgan fingerprint density at radius 3 is 2.56 bits per heavy atom. The van der Waals surface area contributed by atoms with E-state index in [1.807, 2.05) is 0 Å². The van der Waals surface area contributed by atoms with E-state index in [9.17, 15) is 14.9 Å². The van der Waals surface area contributed by atoms with E-state index in [1.54, 1.807) is 20.8 Å². The smallest absolute Gasteiger partial charge is 0.268 e. The van der Waals surface area contributed by atoms with E-state index in [1.165, 1.54) is 18.2 Å². The highest BCUT2D eigenvalue weighted by Gasteiger charge is 2.24. The fourth-order valence-corrected chi connectivity index (χ4v) is 1.40. The first-order chi connectivity index (χ1) is 8.22. The van der Waals surface area contributed by atoms with Gasteiger partial charge in [-0.25, -0.2) is 5.48 Å². The molecular formula is C11H13ClN2O4. The number of carbonyl (C=O) groups is 1. The van der Waals surface area contributed by atoms with Gasteiger partial charge in [0.05, 0.1) is 15.5 Å². The van der Waals surface area contributed by atoms with Crippen LogP contribution in [-0.2, 0) is 4.84 Å². The van der Waals surface area contributed by atoms with Gasteiger partial charge in [0.1, 0.15) is 5.56 Å². The third-order valence-corrected chi connectivity index (χ3v) is 2.18. The zero-order valence-electron chi connectivity index (χ0n) is 10.2. The van der Waals surface area contributed by atoms with Crippen LogP contribution in [-0.4, -0.2) is 16.4 Å². The van der Waals surface area contributed by atoms with Crippen LogP contribution in [0.1, 0.15) is 31.1 Å². The van der Waals surface area contributed by atoms with Crippen molar-refractivity contribution in [3.8, 4) is 0 Å². The molecule has 1 amide bonds. The molecule has 7 heteroatoms. The molecule has 0 atom stereocenters. The average molecular weight is 273 g/mol. The molecule has 0 unspecified atom stereocenters. The molecule has 18 heavy (non-hydrogen) atoms. The Morgan fingerprint density at radius 1 is 1.44 bits per heavy atom. The number of benzene rings is 1. The first-order valence-corrected chi connectivity index (χ1v) is 5.51. The van der Waals surface area contributed by atoms with Crippen LogP contribution in [0, 0.1) is 10.1 Å². The quantitative estimate of drug-likeness (QED) is 0.677. The zero-order valence-corrected chi connectivity index (χ0v) is 10.9. The molecule has 0 aliphatic heterocycles. The first-order valence-electron chi connectivity index (χ1n) is 5.13. The summed E-state index contributed by atoms with van der Waals surface area (Å²) in [6.45, 7) is 5.19. The largest absolute Gasteiger partial charge is 0.283 e. The van der Waals surface area contributed by atoms with E-state index >= 15 is 0 Å². The van der Waals surface area contributed by atoms with Gasteiger partial charge >= 0.3 is 0 Å². The molecule has 0 saturated heterocycles. The van der Waals surface area contributed by atoms with Crippen molar-refractivity contribution in [3.63, 3.8) is 0 Å². The predicted octanol–water partition coefficient (Wildman–Crippen LogP) is 2.71. The lowest BCUT2D eigenvalue weighted by Gasteiger charge is -2.19. The third-order valence-electron chi connectivity index (χ3n) is 1.87. The predicted molar refractivity (Wildman–Crippen MR) is 66.4 cm³/mol. The van der Waals surface area contributed by atoms with Gasteiger partial charge in [0.2, 0.25) is 0 Å². The van der Waals surface area contributed by atoms with E-state index in [4.69, 9.17) is 16.4 Å². The van der Waals surface area contributed by atoms with Crippen LogP contribution in [0.4, 0.5) is 5.69 Å². The number of amides is 1. The summed E-state index contributed by atoms with van der Waals surface area (Å²) >= 11 is 5.80. The van der Waals surface area contributed by atoms with Gasteiger partial charge in [-0.15, -0.1) is 0 Å². The number of nitrogens with zero attached hydrogens (tertiary/aromatic N) is 1. The number of carbonyl (C=O) groups excluding carboxylic acids is 1. The van der Waals surface area contributed by atoms with Gasteiger partial charge in [-0.05, 0) is 26.8 Å². The number of hydrogen-bond acceptors (Lipinski definition) is 4. The molecule has 0 aliphatic carbocycles. The second kappa shape index (κ2) is 5.32. The molecular weight excluding hydrogens is 260 g/mol. The van der Waals surface area contributed by atoms with Crippen LogP contribution in [0.3, 0.4) is 0 Å². The third kappa shape index (κ3) is 3.68. The molecule has 1 aromatic rings. The number of nitrogens with one attached hydrogen (secondary N) is 1. The number of hydrogen-bond donors (Lipinski definition) is 1. The van der Waals surface area contributed by atoms with E-state index in [-0.39, 0.29) is 16.3 Å².